The number of rotatable bonds is 2. The van der Waals surface area contributed by atoms with E-state index in [1.165, 1.54) is 0 Å². The van der Waals surface area contributed by atoms with E-state index in [0.29, 0.717) is 5.56 Å². The van der Waals surface area contributed by atoms with E-state index in [0.717, 1.165) is 15.7 Å². The highest BCUT2D eigenvalue weighted by Crippen LogP contribution is 2.14. The molecule has 0 atom stereocenters. The summed E-state index contributed by atoms with van der Waals surface area (Å²) in [6, 6.07) is 8.92. The number of amides is 1. The van der Waals surface area contributed by atoms with Gasteiger partial charge in [0.1, 0.15) is 0 Å². The third-order valence-electron chi connectivity index (χ3n) is 2.15. The van der Waals surface area contributed by atoms with Gasteiger partial charge in [-0.05, 0) is 52.9 Å². The second-order valence-electron chi connectivity index (χ2n) is 3.44. The van der Waals surface area contributed by atoms with E-state index in [1.807, 2.05) is 6.07 Å². The van der Waals surface area contributed by atoms with Crippen molar-refractivity contribution in [3.05, 3.63) is 57.4 Å². The Morgan fingerprint density at radius 3 is 2.67 bits per heavy atom. The zero-order valence-corrected chi connectivity index (χ0v) is 11.1. The Morgan fingerprint density at radius 1 is 1.22 bits per heavy atom. The minimum atomic E-state index is -1.05. The predicted molar refractivity (Wildman–Crippen MR) is 71.3 cm³/mol. The highest BCUT2D eigenvalue weighted by Gasteiger charge is 2.11. The lowest BCUT2D eigenvalue weighted by molar-refractivity contribution is 0.102. The Morgan fingerprint density at radius 2 is 2.00 bits per heavy atom. The van der Waals surface area contributed by atoms with Crippen LogP contribution in [0.5, 0.6) is 0 Å². The average Bonchev–Trinajstić information content (AvgIpc) is 2.32. The molecule has 1 aromatic heterocycles. The maximum Gasteiger partial charge on any atom is 0.255 e. The van der Waals surface area contributed by atoms with Crippen LogP contribution in [0.25, 0.3) is 0 Å². The lowest BCUT2D eigenvalue weighted by Gasteiger charge is -2.06. The van der Waals surface area contributed by atoms with Crippen molar-refractivity contribution in [2.75, 3.05) is 5.32 Å². The first-order valence-electron chi connectivity index (χ1n) is 4.95. The molecule has 0 fully saturated rings. The number of nitrogens with zero attached hydrogens (tertiary/aromatic N) is 1. The zero-order valence-electron chi connectivity index (χ0n) is 8.95. The number of aromatic nitrogens is 1. The van der Waals surface area contributed by atoms with Gasteiger partial charge in [-0.2, -0.15) is 13.8 Å². The lowest BCUT2D eigenvalue weighted by Crippen LogP contribution is -2.13. The number of halogens is 3. The molecule has 0 aliphatic heterocycles. The summed E-state index contributed by atoms with van der Waals surface area (Å²) in [5.74, 6) is -2.45. The summed E-state index contributed by atoms with van der Waals surface area (Å²) in [5, 5.41) is 2.33. The minimum Gasteiger partial charge on any atom is -0.318 e. The smallest absolute Gasteiger partial charge is 0.255 e. The predicted octanol–water partition coefficient (Wildman–Crippen LogP) is 3.22. The van der Waals surface area contributed by atoms with E-state index < -0.39 is 17.8 Å². The molecule has 92 valence electrons. The fourth-order valence-corrected chi connectivity index (χ4v) is 1.87. The summed E-state index contributed by atoms with van der Waals surface area (Å²) in [6.07, 6.45) is 0. The van der Waals surface area contributed by atoms with Crippen molar-refractivity contribution in [2.45, 2.75) is 0 Å². The van der Waals surface area contributed by atoms with E-state index in [2.05, 4.69) is 32.9 Å². The molecule has 18 heavy (non-hydrogen) atoms. The SMILES string of the molecule is O=C(Nc1ccc(F)nc1F)c1cccc(I)c1. The molecule has 1 N–H and O–H groups in total. The molecule has 0 aliphatic rings. The summed E-state index contributed by atoms with van der Waals surface area (Å²) in [6.45, 7) is 0. The zero-order chi connectivity index (χ0) is 13.1. The van der Waals surface area contributed by atoms with Crippen LogP contribution in [-0.4, -0.2) is 10.9 Å². The second-order valence-corrected chi connectivity index (χ2v) is 4.68. The Labute approximate surface area is 115 Å². The normalized spacial score (nSPS) is 10.2. The number of hydrogen-bond acceptors (Lipinski definition) is 2. The van der Waals surface area contributed by atoms with Gasteiger partial charge in [-0.3, -0.25) is 4.79 Å². The molecule has 0 bridgehead atoms. The Balaban J connectivity index is 2.21. The van der Waals surface area contributed by atoms with Crippen molar-refractivity contribution in [3.8, 4) is 0 Å². The van der Waals surface area contributed by atoms with Crippen LogP contribution in [0.1, 0.15) is 10.4 Å². The van der Waals surface area contributed by atoms with Gasteiger partial charge in [-0.25, -0.2) is 0 Å². The quantitative estimate of drug-likeness (QED) is 0.660. The van der Waals surface area contributed by atoms with Crippen LogP contribution in [0.2, 0.25) is 0 Å². The van der Waals surface area contributed by atoms with Crippen LogP contribution in [-0.2, 0) is 0 Å². The molecule has 2 rings (SSSR count). The molecule has 2 aromatic rings. The van der Waals surface area contributed by atoms with Gasteiger partial charge in [-0.1, -0.05) is 6.07 Å². The first-order valence-corrected chi connectivity index (χ1v) is 6.03. The van der Waals surface area contributed by atoms with E-state index in [9.17, 15) is 13.6 Å². The number of hydrogen-bond donors (Lipinski definition) is 1. The molecule has 0 aliphatic carbocycles. The summed E-state index contributed by atoms with van der Waals surface area (Å²) < 4.78 is 26.7. The summed E-state index contributed by atoms with van der Waals surface area (Å²) in [5.41, 5.74) is 0.242. The molecule has 1 amide bonds. The van der Waals surface area contributed by atoms with Crippen molar-refractivity contribution in [1.82, 2.24) is 4.98 Å². The van der Waals surface area contributed by atoms with Crippen LogP contribution in [0, 0.1) is 15.5 Å². The third kappa shape index (κ3) is 3.00. The van der Waals surface area contributed by atoms with Gasteiger partial charge < -0.3 is 5.32 Å². The van der Waals surface area contributed by atoms with Crippen LogP contribution >= 0.6 is 22.6 Å². The second kappa shape index (κ2) is 5.38. The molecule has 0 saturated carbocycles. The maximum atomic E-state index is 13.2. The molecule has 0 radical (unpaired) electrons. The molecule has 6 heteroatoms. The molecular weight excluding hydrogens is 353 g/mol. The maximum absolute atomic E-state index is 13.2. The van der Waals surface area contributed by atoms with Crippen LogP contribution < -0.4 is 5.32 Å². The van der Waals surface area contributed by atoms with E-state index >= 15 is 0 Å². The molecule has 0 unspecified atom stereocenters. The molecule has 1 aromatic carbocycles. The summed E-state index contributed by atoms with van der Waals surface area (Å²) in [7, 11) is 0. The first kappa shape index (κ1) is 12.9. The first-order chi connectivity index (χ1) is 8.56. The van der Waals surface area contributed by atoms with E-state index in [1.54, 1.807) is 18.2 Å². The molecule has 0 spiro atoms. The van der Waals surface area contributed by atoms with Gasteiger partial charge in [0.2, 0.25) is 11.9 Å². The van der Waals surface area contributed by atoms with Crippen molar-refractivity contribution in [1.29, 1.82) is 0 Å². The van der Waals surface area contributed by atoms with Gasteiger partial charge in [-0.15, -0.1) is 0 Å². The van der Waals surface area contributed by atoms with Gasteiger partial charge in [0.05, 0.1) is 5.69 Å². The number of anilines is 1. The highest BCUT2D eigenvalue weighted by molar-refractivity contribution is 14.1. The van der Waals surface area contributed by atoms with Gasteiger partial charge in [0, 0.05) is 9.13 Å². The number of benzene rings is 1. The monoisotopic (exact) mass is 360 g/mol. The summed E-state index contributed by atoms with van der Waals surface area (Å²) in [4.78, 5) is 14.8. The Hall–Kier alpha value is -1.57. The molecular formula is C12H7F2IN2O. The Bertz CT molecular complexity index is 604. The van der Waals surface area contributed by atoms with E-state index in [-0.39, 0.29) is 5.69 Å². The topological polar surface area (TPSA) is 42.0 Å². The van der Waals surface area contributed by atoms with Gasteiger partial charge in [0.25, 0.3) is 5.91 Å². The molecule has 1 heterocycles. The third-order valence-corrected chi connectivity index (χ3v) is 2.82. The van der Waals surface area contributed by atoms with Gasteiger partial charge >= 0.3 is 0 Å². The standard InChI is InChI=1S/C12H7F2IN2O/c13-10-5-4-9(11(14)17-10)16-12(18)7-2-1-3-8(15)6-7/h1-6H,(H,16,18). The van der Waals surface area contributed by atoms with E-state index in [4.69, 9.17) is 0 Å². The fraction of sp³-hybridized carbons (Fsp3) is 0. The minimum absolute atomic E-state index is 0.153. The number of carbonyl (C=O) groups excluding carboxylic acids is 1. The lowest BCUT2D eigenvalue weighted by atomic mass is 10.2. The van der Waals surface area contributed by atoms with Crippen LogP contribution in [0.3, 0.4) is 0 Å². The highest BCUT2D eigenvalue weighted by atomic mass is 127. The van der Waals surface area contributed by atoms with Crippen molar-refractivity contribution in [2.24, 2.45) is 0 Å². The van der Waals surface area contributed by atoms with Crippen molar-refractivity contribution < 1.29 is 13.6 Å². The van der Waals surface area contributed by atoms with Crippen molar-refractivity contribution >= 4 is 34.2 Å². The average molecular weight is 360 g/mol. The molecule has 0 saturated heterocycles. The number of pyridine rings is 1. The Kier molecular flexibility index (Phi) is 3.85. The number of carbonyl (C=O) groups is 1. The van der Waals surface area contributed by atoms with Crippen LogP contribution in [0.4, 0.5) is 14.5 Å². The molecule has 3 nitrogen and oxygen atoms in total. The van der Waals surface area contributed by atoms with Crippen molar-refractivity contribution in [3.63, 3.8) is 0 Å². The largest absolute Gasteiger partial charge is 0.318 e. The van der Waals surface area contributed by atoms with Crippen LogP contribution in [0.15, 0.2) is 36.4 Å². The fourth-order valence-electron chi connectivity index (χ4n) is 1.33. The number of nitrogens with one attached hydrogen (secondary N) is 1. The van der Waals surface area contributed by atoms with Gasteiger partial charge in [0.15, 0.2) is 0 Å². The summed E-state index contributed by atoms with van der Waals surface area (Å²) >= 11 is 2.06.